The number of fused-ring (bicyclic) bond motifs is 2. The molecule has 22 heavy (non-hydrogen) atoms. The summed E-state index contributed by atoms with van der Waals surface area (Å²) in [4.78, 5) is 3.21. The van der Waals surface area contributed by atoms with Crippen LogP contribution in [0.4, 0.5) is 0 Å². The standard InChI is InChI=1S/C18H12N2O2/c19-9-13(12-5-6-17-18(8-12)22-11-21-17)7-14-10-20-16-4-2-1-3-15(14)16/h1-8,10,20H,11H2/b13-7-. The van der Waals surface area contributed by atoms with E-state index in [1.54, 1.807) is 0 Å². The predicted molar refractivity (Wildman–Crippen MR) is 84.3 cm³/mol. The predicted octanol–water partition coefficient (Wildman–Crippen LogP) is 3.96. The van der Waals surface area contributed by atoms with Crippen LogP contribution in [0.3, 0.4) is 0 Å². The van der Waals surface area contributed by atoms with Crippen LogP contribution in [-0.2, 0) is 0 Å². The van der Waals surface area contributed by atoms with Gasteiger partial charge in [-0.3, -0.25) is 0 Å². The highest BCUT2D eigenvalue weighted by Crippen LogP contribution is 2.35. The number of aromatic amines is 1. The maximum atomic E-state index is 9.50. The van der Waals surface area contributed by atoms with Gasteiger partial charge < -0.3 is 14.5 Å². The Morgan fingerprint density at radius 3 is 2.91 bits per heavy atom. The average Bonchev–Trinajstić information content (AvgIpc) is 3.18. The van der Waals surface area contributed by atoms with Crippen LogP contribution in [0.25, 0.3) is 22.6 Å². The molecule has 1 aliphatic rings. The zero-order chi connectivity index (χ0) is 14.9. The van der Waals surface area contributed by atoms with Crippen LogP contribution in [-0.4, -0.2) is 11.8 Å². The van der Waals surface area contributed by atoms with E-state index in [1.165, 1.54) is 0 Å². The first-order valence-electron chi connectivity index (χ1n) is 6.93. The molecular formula is C18H12N2O2. The zero-order valence-electron chi connectivity index (χ0n) is 11.7. The van der Waals surface area contributed by atoms with Gasteiger partial charge in [-0.05, 0) is 35.9 Å². The summed E-state index contributed by atoms with van der Waals surface area (Å²) < 4.78 is 10.7. The minimum atomic E-state index is 0.229. The number of nitrogens with one attached hydrogen (secondary N) is 1. The Kier molecular flexibility index (Phi) is 2.84. The first-order valence-corrected chi connectivity index (χ1v) is 6.93. The number of aromatic nitrogens is 1. The van der Waals surface area contributed by atoms with Crippen LogP contribution in [0.2, 0.25) is 0 Å². The van der Waals surface area contributed by atoms with Gasteiger partial charge in [0.2, 0.25) is 6.79 Å². The highest BCUT2D eigenvalue weighted by atomic mass is 16.7. The Hall–Kier alpha value is -3.19. The van der Waals surface area contributed by atoms with E-state index < -0.39 is 0 Å². The molecule has 0 bridgehead atoms. The minimum absolute atomic E-state index is 0.229. The molecule has 0 amide bonds. The van der Waals surface area contributed by atoms with Crippen molar-refractivity contribution in [3.8, 4) is 17.6 Å². The normalized spacial score (nSPS) is 13.3. The second kappa shape index (κ2) is 4.97. The van der Waals surface area contributed by atoms with Crippen molar-refractivity contribution in [2.75, 3.05) is 6.79 Å². The van der Waals surface area contributed by atoms with Gasteiger partial charge in [-0.2, -0.15) is 5.26 Å². The van der Waals surface area contributed by atoms with E-state index in [0.717, 1.165) is 22.0 Å². The third kappa shape index (κ3) is 2.00. The van der Waals surface area contributed by atoms with Gasteiger partial charge in [0.25, 0.3) is 0 Å². The van der Waals surface area contributed by atoms with E-state index >= 15 is 0 Å². The smallest absolute Gasteiger partial charge is 0.231 e. The molecule has 2 heterocycles. The van der Waals surface area contributed by atoms with Gasteiger partial charge in [0.05, 0.1) is 11.6 Å². The van der Waals surface area contributed by atoms with E-state index in [-0.39, 0.29) is 6.79 Å². The molecule has 1 N–H and O–H groups in total. The minimum Gasteiger partial charge on any atom is -0.454 e. The molecule has 0 atom stereocenters. The highest BCUT2D eigenvalue weighted by molar-refractivity contribution is 5.97. The summed E-state index contributed by atoms with van der Waals surface area (Å²) in [5.74, 6) is 1.39. The largest absolute Gasteiger partial charge is 0.454 e. The van der Waals surface area contributed by atoms with Crippen molar-refractivity contribution < 1.29 is 9.47 Å². The Morgan fingerprint density at radius 2 is 2.00 bits per heavy atom. The Balaban J connectivity index is 1.80. The van der Waals surface area contributed by atoms with Gasteiger partial charge in [-0.25, -0.2) is 0 Å². The fourth-order valence-corrected chi connectivity index (χ4v) is 2.61. The summed E-state index contributed by atoms with van der Waals surface area (Å²) in [7, 11) is 0. The van der Waals surface area contributed by atoms with Crippen molar-refractivity contribution in [3.63, 3.8) is 0 Å². The van der Waals surface area contributed by atoms with Crippen LogP contribution < -0.4 is 9.47 Å². The van der Waals surface area contributed by atoms with Crippen molar-refractivity contribution in [2.45, 2.75) is 0 Å². The summed E-state index contributed by atoms with van der Waals surface area (Å²) in [6.45, 7) is 0.229. The highest BCUT2D eigenvalue weighted by Gasteiger charge is 2.15. The lowest BCUT2D eigenvalue weighted by atomic mass is 10.0. The van der Waals surface area contributed by atoms with Gasteiger partial charge in [0.15, 0.2) is 11.5 Å². The number of para-hydroxylation sites is 1. The monoisotopic (exact) mass is 288 g/mol. The summed E-state index contributed by atoms with van der Waals surface area (Å²) in [5.41, 5.74) is 3.45. The molecule has 0 spiro atoms. The van der Waals surface area contributed by atoms with Gasteiger partial charge in [0.1, 0.15) is 0 Å². The fourth-order valence-electron chi connectivity index (χ4n) is 2.61. The van der Waals surface area contributed by atoms with E-state index in [4.69, 9.17) is 9.47 Å². The number of hydrogen-bond acceptors (Lipinski definition) is 3. The Bertz CT molecular complexity index is 932. The first-order chi connectivity index (χ1) is 10.8. The molecule has 0 saturated heterocycles. The topological polar surface area (TPSA) is 58.0 Å². The number of rotatable bonds is 2. The summed E-state index contributed by atoms with van der Waals surface area (Å²) in [5, 5.41) is 10.6. The molecule has 4 nitrogen and oxygen atoms in total. The summed E-state index contributed by atoms with van der Waals surface area (Å²) in [6.07, 6.45) is 3.80. The number of nitrogens with zero attached hydrogens (tertiary/aromatic N) is 1. The van der Waals surface area contributed by atoms with E-state index in [9.17, 15) is 5.26 Å². The quantitative estimate of drug-likeness (QED) is 0.726. The Morgan fingerprint density at radius 1 is 1.14 bits per heavy atom. The van der Waals surface area contributed by atoms with Crippen molar-refractivity contribution in [1.29, 1.82) is 5.26 Å². The third-order valence-electron chi connectivity index (χ3n) is 3.73. The maximum absolute atomic E-state index is 9.50. The third-order valence-corrected chi connectivity index (χ3v) is 3.73. The Labute approximate surface area is 127 Å². The van der Waals surface area contributed by atoms with Gasteiger partial charge in [0, 0.05) is 22.7 Å². The van der Waals surface area contributed by atoms with Crippen LogP contribution in [0, 0.1) is 11.3 Å². The summed E-state index contributed by atoms with van der Waals surface area (Å²) >= 11 is 0. The lowest BCUT2D eigenvalue weighted by Crippen LogP contribution is -1.92. The number of H-pyrrole nitrogens is 1. The SMILES string of the molecule is N#C/C(=C/c1c[nH]c2ccccc12)c1ccc2c(c1)OCO2. The number of hydrogen-bond donors (Lipinski definition) is 1. The number of benzene rings is 2. The molecule has 106 valence electrons. The van der Waals surface area contributed by atoms with E-state index in [1.807, 2.05) is 54.7 Å². The molecule has 0 unspecified atom stereocenters. The van der Waals surface area contributed by atoms with Gasteiger partial charge in [-0.1, -0.05) is 18.2 Å². The van der Waals surface area contributed by atoms with E-state index in [2.05, 4.69) is 11.1 Å². The van der Waals surface area contributed by atoms with Gasteiger partial charge >= 0.3 is 0 Å². The van der Waals surface area contributed by atoms with Crippen molar-refractivity contribution >= 4 is 22.6 Å². The number of allylic oxidation sites excluding steroid dienone is 1. The molecule has 4 heteroatoms. The molecule has 0 radical (unpaired) electrons. The van der Waals surface area contributed by atoms with Gasteiger partial charge in [-0.15, -0.1) is 0 Å². The van der Waals surface area contributed by atoms with Crippen LogP contribution in [0.1, 0.15) is 11.1 Å². The number of nitriles is 1. The summed E-state index contributed by atoms with van der Waals surface area (Å²) in [6, 6.07) is 15.8. The molecule has 4 rings (SSSR count). The molecule has 2 aromatic carbocycles. The van der Waals surface area contributed by atoms with E-state index in [0.29, 0.717) is 17.1 Å². The molecule has 0 aliphatic carbocycles. The lowest BCUT2D eigenvalue weighted by Gasteiger charge is -2.01. The molecule has 0 fully saturated rings. The van der Waals surface area contributed by atoms with Crippen LogP contribution >= 0.6 is 0 Å². The second-order valence-corrected chi connectivity index (χ2v) is 5.03. The van der Waals surface area contributed by atoms with Crippen LogP contribution in [0.15, 0.2) is 48.7 Å². The molecule has 1 aliphatic heterocycles. The first kappa shape index (κ1) is 12.5. The van der Waals surface area contributed by atoms with Crippen molar-refractivity contribution in [3.05, 3.63) is 59.8 Å². The average molecular weight is 288 g/mol. The second-order valence-electron chi connectivity index (χ2n) is 5.03. The lowest BCUT2D eigenvalue weighted by molar-refractivity contribution is 0.174. The fraction of sp³-hybridized carbons (Fsp3) is 0.0556. The van der Waals surface area contributed by atoms with Crippen molar-refractivity contribution in [2.24, 2.45) is 0 Å². The molecular weight excluding hydrogens is 276 g/mol. The molecule has 1 aromatic heterocycles. The molecule has 0 saturated carbocycles. The van der Waals surface area contributed by atoms with Crippen LogP contribution in [0.5, 0.6) is 11.5 Å². The number of ether oxygens (including phenoxy) is 2. The maximum Gasteiger partial charge on any atom is 0.231 e. The molecule has 3 aromatic rings. The van der Waals surface area contributed by atoms with Crippen molar-refractivity contribution in [1.82, 2.24) is 4.98 Å². The zero-order valence-corrected chi connectivity index (χ0v) is 11.7.